The molecule has 4 nitrogen and oxygen atoms in total. The van der Waals surface area contributed by atoms with Gasteiger partial charge in [0.15, 0.2) is 11.6 Å². The van der Waals surface area contributed by atoms with Crippen LogP contribution in [0.3, 0.4) is 0 Å². The van der Waals surface area contributed by atoms with E-state index in [1.807, 2.05) is 0 Å². The zero-order valence-corrected chi connectivity index (χ0v) is 13.8. The number of amides is 1. The molecule has 0 saturated carbocycles. The van der Waals surface area contributed by atoms with Crippen LogP contribution >= 0.6 is 0 Å². The summed E-state index contributed by atoms with van der Waals surface area (Å²) < 4.78 is 45.1. The number of hydrogen-bond donors (Lipinski definition) is 2. The van der Waals surface area contributed by atoms with Crippen molar-refractivity contribution in [2.75, 3.05) is 13.1 Å². The molecule has 0 aromatic heterocycles. The van der Waals surface area contributed by atoms with Crippen LogP contribution in [0.25, 0.3) is 0 Å². The average molecular weight is 332 g/mol. The third kappa shape index (κ3) is 6.09. The lowest BCUT2D eigenvalue weighted by molar-refractivity contribution is 0.0504. The number of nitrogens with two attached hydrogens (primary N) is 1. The Labute approximate surface area is 134 Å². The van der Waals surface area contributed by atoms with Crippen LogP contribution in [0, 0.1) is 22.9 Å². The van der Waals surface area contributed by atoms with Crippen LogP contribution in [-0.4, -0.2) is 24.8 Å². The lowest BCUT2D eigenvalue weighted by Gasteiger charge is -2.29. The maximum absolute atomic E-state index is 13.8. The number of ether oxygens (including phenoxy) is 1. The highest BCUT2D eigenvalue weighted by atomic mass is 19.2. The van der Waals surface area contributed by atoms with Gasteiger partial charge in [0.25, 0.3) is 0 Å². The molecule has 1 aromatic carbocycles. The van der Waals surface area contributed by atoms with Crippen molar-refractivity contribution < 1.29 is 22.7 Å². The Kier molecular flexibility index (Phi) is 6.04. The Morgan fingerprint density at radius 1 is 1.13 bits per heavy atom. The highest BCUT2D eigenvalue weighted by Crippen LogP contribution is 2.24. The van der Waals surface area contributed by atoms with Crippen molar-refractivity contribution in [3.05, 3.63) is 35.1 Å². The van der Waals surface area contributed by atoms with Crippen LogP contribution in [0.1, 0.15) is 33.3 Å². The molecule has 23 heavy (non-hydrogen) atoms. The smallest absolute Gasteiger partial charge is 0.407 e. The van der Waals surface area contributed by atoms with E-state index in [4.69, 9.17) is 10.5 Å². The van der Waals surface area contributed by atoms with Crippen LogP contribution < -0.4 is 11.1 Å². The molecule has 1 atom stereocenters. The summed E-state index contributed by atoms with van der Waals surface area (Å²) in [5.74, 6) is -3.21. The van der Waals surface area contributed by atoms with E-state index in [-0.39, 0.29) is 25.1 Å². The summed E-state index contributed by atoms with van der Waals surface area (Å²) in [5.41, 5.74) is 4.33. The molecule has 0 spiro atoms. The SMILES string of the molecule is CC(CN)(CNC(=O)OC(C)(C)C)Cc1cc(F)c(F)cc1F. The largest absolute Gasteiger partial charge is 0.444 e. The lowest BCUT2D eigenvalue weighted by atomic mass is 9.83. The summed E-state index contributed by atoms with van der Waals surface area (Å²) in [6.07, 6.45) is -0.578. The zero-order chi connectivity index (χ0) is 17.8. The van der Waals surface area contributed by atoms with Gasteiger partial charge in [0, 0.05) is 18.0 Å². The van der Waals surface area contributed by atoms with Crippen LogP contribution in [-0.2, 0) is 11.2 Å². The number of hydrogen-bond acceptors (Lipinski definition) is 3. The van der Waals surface area contributed by atoms with Crippen LogP contribution in [0.15, 0.2) is 12.1 Å². The summed E-state index contributed by atoms with van der Waals surface area (Å²) >= 11 is 0. The van der Waals surface area contributed by atoms with Gasteiger partial charge >= 0.3 is 6.09 Å². The predicted molar refractivity (Wildman–Crippen MR) is 81.4 cm³/mol. The molecule has 0 fully saturated rings. The van der Waals surface area contributed by atoms with Gasteiger partial charge in [-0.25, -0.2) is 18.0 Å². The average Bonchev–Trinajstić information content (AvgIpc) is 2.41. The number of benzene rings is 1. The molecule has 0 heterocycles. The van der Waals surface area contributed by atoms with E-state index in [0.717, 1.165) is 6.07 Å². The lowest BCUT2D eigenvalue weighted by Crippen LogP contribution is -2.43. The minimum atomic E-state index is -1.24. The molecule has 1 amide bonds. The first kappa shape index (κ1) is 19.3. The maximum atomic E-state index is 13.8. The standard InChI is InChI=1S/C16H23F3N2O2/c1-15(2,3)23-14(22)21-9-16(4,8-20)7-10-5-12(18)13(19)6-11(10)17/h5-6H,7-9,20H2,1-4H3,(H,21,22). The van der Waals surface area contributed by atoms with Crippen LogP contribution in [0.4, 0.5) is 18.0 Å². The second kappa shape index (κ2) is 7.21. The highest BCUT2D eigenvalue weighted by molar-refractivity contribution is 5.67. The first-order valence-electron chi connectivity index (χ1n) is 7.26. The molecule has 1 aromatic rings. The first-order chi connectivity index (χ1) is 10.5. The van der Waals surface area contributed by atoms with Gasteiger partial charge in [-0.15, -0.1) is 0 Å². The quantitative estimate of drug-likeness (QED) is 0.814. The molecule has 0 bridgehead atoms. The van der Waals surface area contributed by atoms with Gasteiger partial charge in [-0.1, -0.05) is 6.92 Å². The maximum Gasteiger partial charge on any atom is 0.407 e. The Hall–Kier alpha value is -1.76. The molecule has 0 aliphatic rings. The Morgan fingerprint density at radius 2 is 1.70 bits per heavy atom. The second-order valence-electron chi connectivity index (χ2n) is 6.90. The van der Waals surface area contributed by atoms with E-state index in [2.05, 4.69) is 5.32 Å². The molecule has 0 saturated heterocycles. The normalized spacial score (nSPS) is 14.3. The van der Waals surface area contributed by atoms with Crippen LogP contribution in [0.5, 0.6) is 0 Å². The van der Waals surface area contributed by atoms with Crippen molar-refractivity contribution >= 4 is 6.09 Å². The van der Waals surface area contributed by atoms with Gasteiger partial charge in [0.2, 0.25) is 0 Å². The van der Waals surface area contributed by atoms with Crippen molar-refractivity contribution in [3.63, 3.8) is 0 Å². The van der Waals surface area contributed by atoms with Crippen LogP contribution in [0.2, 0.25) is 0 Å². The monoisotopic (exact) mass is 332 g/mol. The van der Waals surface area contributed by atoms with Gasteiger partial charge in [-0.05, 0) is 45.4 Å². The van der Waals surface area contributed by atoms with E-state index in [1.165, 1.54) is 0 Å². The fraction of sp³-hybridized carbons (Fsp3) is 0.562. The molecular formula is C16H23F3N2O2. The first-order valence-corrected chi connectivity index (χ1v) is 7.26. The molecule has 1 rings (SSSR count). The second-order valence-corrected chi connectivity index (χ2v) is 6.90. The Bertz CT molecular complexity index is 573. The number of alkyl carbamates (subject to hydrolysis) is 1. The summed E-state index contributed by atoms with van der Waals surface area (Å²) in [4.78, 5) is 11.7. The summed E-state index contributed by atoms with van der Waals surface area (Å²) in [6, 6.07) is 1.31. The molecule has 7 heteroatoms. The van der Waals surface area contributed by atoms with Gasteiger partial charge < -0.3 is 15.8 Å². The molecule has 3 N–H and O–H groups in total. The van der Waals surface area contributed by atoms with E-state index in [9.17, 15) is 18.0 Å². The topological polar surface area (TPSA) is 64.3 Å². The molecule has 130 valence electrons. The minimum Gasteiger partial charge on any atom is -0.444 e. The molecule has 0 aliphatic heterocycles. The third-order valence-corrected chi connectivity index (χ3v) is 3.26. The number of carbonyl (C=O) groups is 1. The number of rotatable bonds is 5. The molecule has 0 radical (unpaired) electrons. The summed E-state index contributed by atoms with van der Waals surface area (Å²) in [6.45, 7) is 7.12. The highest BCUT2D eigenvalue weighted by Gasteiger charge is 2.27. The number of halogens is 3. The fourth-order valence-electron chi connectivity index (χ4n) is 1.97. The van der Waals surface area contributed by atoms with E-state index in [0.29, 0.717) is 6.07 Å². The number of carbonyl (C=O) groups excluding carboxylic acids is 1. The van der Waals surface area contributed by atoms with Crippen molar-refractivity contribution in [1.82, 2.24) is 5.32 Å². The molecule has 0 aliphatic carbocycles. The molecule has 1 unspecified atom stereocenters. The van der Waals surface area contributed by atoms with E-state index < -0.39 is 34.6 Å². The molecular weight excluding hydrogens is 309 g/mol. The Morgan fingerprint density at radius 3 is 2.22 bits per heavy atom. The summed E-state index contributed by atoms with van der Waals surface area (Å²) in [7, 11) is 0. The van der Waals surface area contributed by atoms with E-state index in [1.54, 1.807) is 27.7 Å². The van der Waals surface area contributed by atoms with Gasteiger partial charge in [-0.3, -0.25) is 0 Å². The fourth-order valence-corrected chi connectivity index (χ4v) is 1.97. The van der Waals surface area contributed by atoms with Crippen molar-refractivity contribution in [1.29, 1.82) is 0 Å². The Balaban J connectivity index is 2.78. The van der Waals surface area contributed by atoms with Gasteiger partial charge in [0.05, 0.1) is 0 Å². The third-order valence-electron chi connectivity index (χ3n) is 3.26. The number of nitrogens with one attached hydrogen (secondary N) is 1. The van der Waals surface area contributed by atoms with E-state index >= 15 is 0 Å². The van der Waals surface area contributed by atoms with Gasteiger partial charge in [0.1, 0.15) is 11.4 Å². The minimum absolute atomic E-state index is 0.00263. The zero-order valence-electron chi connectivity index (χ0n) is 13.8. The summed E-state index contributed by atoms with van der Waals surface area (Å²) in [5, 5.41) is 2.57. The van der Waals surface area contributed by atoms with Crippen molar-refractivity contribution in [2.45, 2.75) is 39.7 Å². The predicted octanol–water partition coefficient (Wildman–Crippen LogP) is 3.14. The van der Waals surface area contributed by atoms with Gasteiger partial charge in [-0.2, -0.15) is 0 Å². The van der Waals surface area contributed by atoms with Crippen molar-refractivity contribution in [3.8, 4) is 0 Å². The van der Waals surface area contributed by atoms with Crippen molar-refractivity contribution in [2.24, 2.45) is 11.1 Å².